The molecule has 6 heteroatoms. The maximum atomic E-state index is 4.29. The zero-order valence-electron chi connectivity index (χ0n) is 9.43. The highest BCUT2D eigenvalue weighted by Crippen LogP contribution is 2.18. The molecule has 0 saturated heterocycles. The van der Waals surface area contributed by atoms with Crippen LogP contribution in [0.15, 0.2) is 29.1 Å². The number of likely N-dealkylation sites (N-methyl/N-ethyl adjacent to an activating group) is 1. The molecule has 4 nitrogen and oxygen atoms in total. The van der Waals surface area contributed by atoms with Crippen LogP contribution in [-0.4, -0.2) is 20.3 Å². The first-order valence-electron chi connectivity index (χ1n) is 5.40. The molecule has 0 bridgehead atoms. The van der Waals surface area contributed by atoms with Crippen LogP contribution in [0.4, 0.5) is 0 Å². The summed E-state index contributed by atoms with van der Waals surface area (Å²) >= 11 is 4.67. The van der Waals surface area contributed by atoms with Crippen LogP contribution in [0.5, 0.6) is 0 Å². The number of halogens is 1. The summed E-state index contributed by atoms with van der Waals surface area (Å²) in [6, 6.07) is 2.28. The van der Waals surface area contributed by atoms with E-state index < -0.39 is 0 Å². The average Bonchev–Trinajstić information content (AvgIpc) is 2.82. The first kappa shape index (κ1) is 12.6. The van der Waals surface area contributed by atoms with E-state index in [0.717, 1.165) is 23.1 Å². The highest BCUT2D eigenvalue weighted by Gasteiger charge is 2.14. The van der Waals surface area contributed by atoms with Crippen molar-refractivity contribution >= 4 is 27.7 Å². The quantitative estimate of drug-likeness (QED) is 0.922. The van der Waals surface area contributed by atoms with Crippen molar-refractivity contribution in [3.63, 3.8) is 0 Å². The van der Waals surface area contributed by atoms with Gasteiger partial charge in [-0.1, -0.05) is 6.92 Å². The van der Waals surface area contributed by atoms with Gasteiger partial charge in [-0.2, -0.15) is 8.75 Å². The Kier molecular flexibility index (Phi) is 4.58. The van der Waals surface area contributed by atoms with Crippen LogP contribution in [0.3, 0.4) is 0 Å². The molecule has 1 unspecified atom stereocenters. The van der Waals surface area contributed by atoms with E-state index in [-0.39, 0.29) is 6.04 Å². The summed E-state index contributed by atoms with van der Waals surface area (Å²) in [7, 11) is 0. The summed E-state index contributed by atoms with van der Waals surface area (Å²) in [4.78, 5) is 4.17. The third kappa shape index (κ3) is 3.55. The number of aromatic nitrogens is 3. The SMILES string of the molecule is CCNC(Cc1cncc(Br)c1)c1cnsn1. The Morgan fingerprint density at radius 1 is 1.41 bits per heavy atom. The van der Waals surface area contributed by atoms with E-state index in [1.165, 1.54) is 17.3 Å². The van der Waals surface area contributed by atoms with Crippen molar-refractivity contribution in [1.82, 2.24) is 19.0 Å². The van der Waals surface area contributed by atoms with Crippen molar-refractivity contribution in [2.24, 2.45) is 0 Å². The Morgan fingerprint density at radius 3 is 2.94 bits per heavy atom. The minimum Gasteiger partial charge on any atom is -0.309 e. The van der Waals surface area contributed by atoms with Crippen molar-refractivity contribution in [2.75, 3.05) is 6.54 Å². The van der Waals surface area contributed by atoms with Crippen LogP contribution < -0.4 is 5.32 Å². The van der Waals surface area contributed by atoms with Gasteiger partial charge in [0.2, 0.25) is 0 Å². The molecule has 0 aliphatic carbocycles. The zero-order valence-corrected chi connectivity index (χ0v) is 11.8. The van der Waals surface area contributed by atoms with Gasteiger partial charge >= 0.3 is 0 Å². The molecule has 1 atom stereocenters. The maximum Gasteiger partial charge on any atom is 0.0915 e. The molecule has 2 heterocycles. The van der Waals surface area contributed by atoms with Gasteiger partial charge in [0.05, 0.1) is 29.7 Å². The van der Waals surface area contributed by atoms with E-state index in [9.17, 15) is 0 Å². The molecule has 0 spiro atoms. The lowest BCUT2D eigenvalue weighted by atomic mass is 10.1. The molecule has 0 aliphatic heterocycles. The number of nitrogens with one attached hydrogen (secondary N) is 1. The van der Waals surface area contributed by atoms with Gasteiger partial charge in [-0.05, 0) is 40.5 Å². The second kappa shape index (κ2) is 6.18. The van der Waals surface area contributed by atoms with E-state index >= 15 is 0 Å². The molecule has 0 fully saturated rings. The topological polar surface area (TPSA) is 50.7 Å². The van der Waals surface area contributed by atoms with Crippen molar-refractivity contribution in [3.8, 4) is 0 Å². The fraction of sp³-hybridized carbons (Fsp3) is 0.364. The summed E-state index contributed by atoms with van der Waals surface area (Å²) < 4.78 is 9.34. The van der Waals surface area contributed by atoms with Gasteiger partial charge in [-0.15, -0.1) is 0 Å². The lowest BCUT2D eigenvalue weighted by Crippen LogP contribution is -2.23. The van der Waals surface area contributed by atoms with Gasteiger partial charge in [0.25, 0.3) is 0 Å². The van der Waals surface area contributed by atoms with Gasteiger partial charge in [0.1, 0.15) is 0 Å². The minimum absolute atomic E-state index is 0.204. The van der Waals surface area contributed by atoms with E-state index in [1.807, 2.05) is 12.4 Å². The molecule has 0 amide bonds. The third-order valence-corrected chi connectivity index (χ3v) is 3.31. The highest BCUT2D eigenvalue weighted by atomic mass is 79.9. The molecule has 0 aromatic carbocycles. The number of pyridine rings is 1. The number of nitrogens with zero attached hydrogens (tertiary/aromatic N) is 3. The second-order valence-electron chi connectivity index (χ2n) is 3.66. The molecule has 17 heavy (non-hydrogen) atoms. The molecule has 0 saturated carbocycles. The van der Waals surface area contributed by atoms with Crippen molar-refractivity contribution < 1.29 is 0 Å². The van der Waals surface area contributed by atoms with Crippen LogP contribution >= 0.6 is 27.7 Å². The maximum absolute atomic E-state index is 4.29. The van der Waals surface area contributed by atoms with E-state index in [0.29, 0.717) is 0 Å². The zero-order chi connectivity index (χ0) is 12.1. The second-order valence-corrected chi connectivity index (χ2v) is 5.13. The largest absolute Gasteiger partial charge is 0.309 e. The third-order valence-electron chi connectivity index (χ3n) is 2.39. The first-order valence-corrected chi connectivity index (χ1v) is 6.92. The standard InChI is InChI=1S/C11H13BrN4S/c1-2-14-10(11-7-15-17-16-11)4-8-3-9(12)6-13-5-8/h3,5-7,10,14H,2,4H2,1H3. The molecule has 90 valence electrons. The molecule has 2 aromatic rings. The van der Waals surface area contributed by atoms with E-state index in [1.54, 1.807) is 6.20 Å². The summed E-state index contributed by atoms with van der Waals surface area (Å²) in [5.74, 6) is 0. The van der Waals surface area contributed by atoms with Crippen molar-refractivity contribution in [1.29, 1.82) is 0 Å². The smallest absolute Gasteiger partial charge is 0.0915 e. The van der Waals surface area contributed by atoms with Gasteiger partial charge in [0.15, 0.2) is 0 Å². The lowest BCUT2D eigenvalue weighted by Gasteiger charge is -2.15. The molecule has 0 radical (unpaired) electrons. The Labute approximate surface area is 113 Å². The number of hydrogen-bond donors (Lipinski definition) is 1. The molecule has 2 aromatic heterocycles. The fourth-order valence-electron chi connectivity index (χ4n) is 1.66. The Bertz CT molecular complexity index is 460. The van der Waals surface area contributed by atoms with Crippen LogP contribution in [0.2, 0.25) is 0 Å². The predicted molar refractivity (Wildman–Crippen MR) is 72.0 cm³/mol. The number of hydrogen-bond acceptors (Lipinski definition) is 5. The van der Waals surface area contributed by atoms with Crippen molar-refractivity contribution in [3.05, 3.63) is 40.4 Å². The monoisotopic (exact) mass is 312 g/mol. The summed E-state index contributed by atoms with van der Waals surface area (Å²) in [6.45, 7) is 3.00. The fourth-order valence-corrected chi connectivity index (χ4v) is 2.54. The predicted octanol–water partition coefficient (Wildman–Crippen LogP) is 2.59. The molecule has 2 rings (SSSR count). The van der Waals surface area contributed by atoms with Crippen LogP contribution in [-0.2, 0) is 6.42 Å². The average molecular weight is 313 g/mol. The first-order chi connectivity index (χ1) is 8.29. The van der Waals surface area contributed by atoms with Gasteiger partial charge in [-0.3, -0.25) is 4.98 Å². The highest BCUT2D eigenvalue weighted by molar-refractivity contribution is 9.10. The normalized spacial score (nSPS) is 12.6. The van der Waals surface area contributed by atoms with Gasteiger partial charge < -0.3 is 5.32 Å². The van der Waals surface area contributed by atoms with Crippen molar-refractivity contribution in [2.45, 2.75) is 19.4 Å². The summed E-state index contributed by atoms with van der Waals surface area (Å²) in [5.41, 5.74) is 2.18. The Hall–Kier alpha value is -0.850. The van der Waals surface area contributed by atoms with Crippen LogP contribution in [0, 0.1) is 0 Å². The minimum atomic E-state index is 0.204. The van der Waals surface area contributed by atoms with Gasteiger partial charge in [-0.25, -0.2) is 0 Å². The van der Waals surface area contributed by atoms with E-state index in [2.05, 4.69) is 48.0 Å². The van der Waals surface area contributed by atoms with Crippen LogP contribution in [0.25, 0.3) is 0 Å². The molecular weight excluding hydrogens is 300 g/mol. The number of rotatable bonds is 5. The lowest BCUT2D eigenvalue weighted by molar-refractivity contribution is 0.539. The Morgan fingerprint density at radius 2 is 2.29 bits per heavy atom. The summed E-state index contributed by atoms with van der Waals surface area (Å²) in [6.07, 6.45) is 6.36. The summed E-state index contributed by atoms with van der Waals surface area (Å²) in [5, 5.41) is 3.41. The Balaban J connectivity index is 2.13. The van der Waals surface area contributed by atoms with Gasteiger partial charge in [0, 0.05) is 16.9 Å². The van der Waals surface area contributed by atoms with Crippen LogP contribution in [0.1, 0.15) is 24.2 Å². The van der Waals surface area contributed by atoms with E-state index in [4.69, 9.17) is 0 Å². The molecular formula is C11H13BrN4S. The molecule has 1 N–H and O–H groups in total. The molecule has 0 aliphatic rings.